The molecule has 0 fully saturated rings. The summed E-state index contributed by atoms with van der Waals surface area (Å²) >= 11 is 1.70. The van der Waals surface area contributed by atoms with Crippen molar-refractivity contribution in [3.05, 3.63) is 58.3 Å². The molecule has 2 N–H and O–H groups in total. The van der Waals surface area contributed by atoms with E-state index < -0.39 is 0 Å². The molecule has 166 valence electrons. The van der Waals surface area contributed by atoms with Crippen molar-refractivity contribution in [1.82, 2.24) is 20.4 Å². The van der Waals surface area contributed by atoms with Gasteiger partial charge < -0.3 is 15.5 Å². The molecule has 2 aromatic rings. The van der Waals surface area contributed by atoms with E-state index in [1.54, 1.807) is 30.3 Å². The first kappa shape index (κ1) is 26.4. The topological polar surface area (TPSA) is 60.0 Å². The molecule has 0 aliphatic rings. The van der Waals surface area contributed by atoms with Crippen LogP contribution in [-0.2, 0) is 17.9 Å². The molecule has 1 heterocycles. The van der Waals surface area contributed by atoms with Gasteiger partial charge in [0, 0.05) is 38.1 Å². The standard InChI is InChI=1S/C22H33N5OS.HI/c1-18(27(4)17-19-9-6-5-7-10-19)12-13-23-22(25-16-21(28)26(2)3)24-15-20-11-8-14-29-20;/h5-11,14,18H,12-13,15-17H2,1-4H3,(H2,23,24,25);1H. The molecule has 0 bridgehead atoms. The highest BCUT2D eigenvalue weighted by atomic mass is 127. The van der Waals surface area contributed by atoms with E-state index in [0.717, 1.165) is 19.5 Å². The molecule has 0 radical (unpaired) electrons. The number of carbonyl (C=O) groups excluding carboxylic acids is 1. The van der Waals surface area contributed by atoms with Crippen LogP contribution in [0.2, 0.25) is 0 Å². The number of carbonyl (C=O) groups is 1. The molecule has 1 aromatic carbocycles. The lowest BCUT2D eigenvalue weighted by Gasteiger charge is -2.25. The van der Waals surface area contributed by atoms with E-state index in [9.17, 15) is 4.79 Å². The number of halogens is 1. The second-order valence-corrected chi connectivity index (χ2v) is 8.38. The molecule has 2 rings (SSSR count). The molecule has 8 heteroatoms. The van der Waals surface area contributed by atoms with Gasteiger partial charge in [0.1, 0.15) is 6.54 Å². The van der Waals surface area contributed by atoms with Gasteiger partial charge in [0.25, 0.3) is 0 Å². The lowest BCUT2D eigenvalue weighted by Crippen LogP contribution is -2.40. The van der Waals surface area contributed by atoms with Crippen LogP contribution in [0.5, 0.6) is 0 Å². The van der Waals surface area contributed by atoms with Gasteiger partial charge in [-0.25, -0.2) is 4.99 Å². The minimum Gasteiger partial charge on any atom is -0.356 e. The van der Waals surface area contributed by atoms with Crippen molar-refractivity contribution in [3.8, 4) is 0 Å². The van der Waals surface area contributed by atoms with Crippen LogP contribution in [0.1, 0.15) is 23.8 Å². The number of rotatable bonds is 10. The predicted octanol–water partition coefficient (Wildman–Crippen LogP) is 3.40. The Morgan fingerprint density at radius 3 is 2.47 bits per heavy atom. The van der Waals surface area contributed by atoms with Crippen molar-refractivity contribution < 1.29 is 4.79 Å². The SMILES string of the molecule is CC(CCNC(=NCC(=O)N(C)C)NCc1cccs1)N(C)Cc1ccccc1.I. The normalized spacial score (nSPS) is 12.2. The highest BCUT2D eigenvalue weighted by Crippen LogP contribution is 2.08. The summed E-state index contributed by atoms with van der Waals surface area (Å²) in [6.07, 6.45) is 0.977. The summed E-state index contributed by atoms with van der Waals surface area (Å²) in [4.78, 5) is 21.5. The van der Waals surface area contributed by atoms with Crippen LogP contribution in [0.4, 0.5) is 0 Å². The van der Waals surface area contributed by atoms with Gasteiger partial charge in [0.2, 0.25) is 5.91 Å². The molecule has 0 saturated heterocycles. The average Bonchev–Trinajstić information content (AvgIpc) is 3.23. The smallest absolute Gasteiger partial charge is 0.243 e. The highest BCUT2D eigenvalue weighted by molar-refractivity contribution is 14.0. The Balaban J connectivity index is 0.00000450. The lowest BCUT2D eigenvalue weighted by atomic mass is 10.1. The van der Waals surface area contributed by atoms with Crippen LogP contribution in [0.15, 0.2) is 52.8 Å². The summed E-state index contributed by atoms with van der Waals surface area (Å²) in [5, 5.41) is 8.75. The maximum atomic E-state index is 11.9. The number of hydrogen-bond donors (Lipinski definition) is 2. The molecule has 1 amide bonds. The van der Waals surface area contributed by atoms with Gasteiger partial charge in [-0.15, -0.1) is 35.3 Å². The van der Waals surface area contributed by atoms with E-state index in [1.807, 2.05) is 12.1 Å². The quantitative estimate of drug-likeness (QED) is 0.274. The molecule has 6 nitrogen and oxygen atoms in total. The summed E-state index contributed by atoms with van der Waals surface area (Å²) in [6, 6.07) is 15.0. The first-order chi connectivity index (χ1) is 14.0. The van der Waals surface area contributed by atoms with Crippen LogP contribution in [0.25, 0.3) is 0 Å². The van der Waals surface area contributed by atoms with Crippen LogP contribution >= 0.6 is 35.3 Å². The Bertz CT molecular complexity index is 752. The fourth-order valence-corrected chi connectivity index (χ4v) is 3.34. The molecule has 1 atom stereocenters. The molecular weight excluding hydrogens is 509 g/mol. The monoisotopic (exact) mass is 543 g/mol. The third-order valence-electron chi connectivity index (χ3n) is 4.76. The van der Waals surface area contributed by atoms with Crippen molar-refractivity contribution in [2.75, 3.05) is 34.2 Å². The molecule has 0 spiro atoms. The summed E-state index contributed by atoms with van der Waals surface area (Å²) in [5.41, 5.74) is 1.32. The molecular formula is C22H34IN5OS. The van der Waals surface area contributed by atoms with E-state index in [-0.39, 0.29) is 36.4 Å². The largest absolute Gasteiger partial charge is 0.356 e. The Morgan fingerprint density at radius 1 is 1.10 bits per heavy atom. The Kier molecular flexibility index (Phi) is 12.6. The summed E-state index contributed by atoms with van der Waals surface area (Å²) in [5.74, 6) is 0.657. The maximum absolute atomic E-state index is 11.9. The predicted molar refractivity (Wildman–Crippen MR) is 138 cm³/mol. The van der Waals surface area contributed by atoms with Gasteiger partial charge in [-0.05, 0) is 37.4 Å². The van der Waals surface area contributed by atoms with E-state index in [4.69, 9.17) is 0 Å². The van der Waals surface area contributed by atoms with Crippen molar-refractivity contribution in [3.63, 3.8) is 0 Å². The molecule has 1 aromatic heterocycles. The molecule has 1 unspecified atom stereocenters. The highest BCUT2D eigenvalue weighted by Gasteiger charge is 2.10. The first-order valence-electron chi connectivity index (χ1n) is 9.94. The van der Waals surface area contributed by atoms with Crippen molar-refractivity contribution in [1.29, 1.82) is 0 Å². The van der Waals surface area contributed by atoms with Gasteiger partial charge in [0.05, 0.1) is 6.54 Å². The zero-order chi connectivity index (χ0) is 21.1. The number of guanidine groups is 1. The number of nitrogens with one attached hydrogen (secondary N) is 2. The van der Waals surface area contributed by atoms with Crippen LogP contribution in [0, 0.1) is 0 Å². The van der Waals surface area contributed by atoms with Crippen LogP contribution in [-0.4, -0.2) is 61.9 Å². The minimum atomic E-state index is -0.0156. The van der Waals surface area contributed by atoms with Crippen LogP contribution < -0.4 is 10.6 Å². The van der Waals surface area contributed by atoms with E-state index in [0.29, 0.717) is 18.5 Å². The summed E-state index contributed by atoms with van der Waals surface area (Å²) < 4.78 is 0. The molecule has 0 saturated carbocycles. The zero-order valence-corrected chi connectivity index (χ0v) is 21.4. The average molecular weight is 544 g/mol. The number of thiophene rings is 1. The fraction of sp³-hybridized carbons (Fsp3) is 0.455. The van der Waals surface area contributed by atoms with E-state index in [1.165, 1.54) is 10.4 Å². The van der Waals surface area contributed by atoms with Gasteiger partial charge in [-0.1, -0.05) is 36.4 Å². The fourth-order valence-electron chi connectivity index (χ4n) is 2.69. The molecule has 0 aliphatic heterocycles. The van der Waals surface area contributed by atoms with Crippen molar-refractivity contribution in [2.45, 2.75) is 32.5 Å². The third kappa shape index (κ3) is 9.90. The Morgan fingerprint density at radius 2 is 1.83 bits per heavy atom. The second kappa shape index (κ2) is 14.4. The van der Waals surface area contributed by atoms with Crippen molar-refractivity contribution in [2.24, 2.45) is 4.99 Å². The van der Waals surface area contributed by atoms with Gasteiger partial charge >= 0.3 is 0 Å². The third-order valence-corrected chi connectivity index (χ3v) is 5.64. The van der Waals surface area contributed by atoms with Crippen molar-refractivity contribution >= 4 is 47.2 Å². The number of likely N-dealkylation sites (N-methyl/N-ethyl adjacent to an activating group) is 1. The van der Waals surface area contributed by atoms with Gasteiger partial charge in [0.15, 0.2) is 5.96 Å². The second-order valence-electron chi connectivity index (χ2n) is 7.35. The zero-order valence-electron chi connectivity index (χ0n) is 18.3. The number of amides is 1. The summed E-state index contributed by atoms with van der Waals surface area (Å²) in [6.45, 7) is 4.78. The first-order valence-corrected chi connectivity index (χ1v) is 10.8. The lowest BCUT2D eigenvalue weighted by molar-refractivity contribution is -0.127. The van der Waals surface area contributed by atoms with Gasteiger partial charge in [-0.2, -0.15) is 0 Å². The van der Waals surface area contributed by atoms with E-state index in [2.05, 4.69) is 70.2 Å². The van der Waals surface area contributed by atoms with E-state index >= 15 is 0 Å². The Hall–Kier alpha value is -1.65. The number of hydrogen-bond acceptors (Lipinski definition) is 4. The minimum absolute atomic E-state index is 0. The number of aliphatic imine (C=N–C) groups is 1. The molecule has 0 aliphatic carbocycles. The number of benzene rings is 1. The number of nitrogens with zero attached hydrogens (tertiary/aromatic N) is 3. The maximum Gasteiger partial charge on any atom is 0.243 e. The Labute approximate surface area is 201 Å². The molecule has 30 heavy (non-hydrogen) atoms. The van der Waals surface area contributed by atoms with Crippen LogP contribution in [0.3, 0.4) is 0 Å². The van der Waals surface area contributed by atoms with Gasteiger partial charge in [-0.3, -0.25) is 9.69 Å². The summed E-state index contributed by atoms with van der Waals surface area (Å²) in [7, 11) is 5.64.